The Balaban J connectivity index is 2.38. The lowest BCUT2D eigenvalue weighted by Gasteiger charge is -2.25. The van der Waals surface area contributed by atoms with Gasteiger partial charge in [0.05, 0.1) is 6.10 Å². The van der Waals surface area contributed by atoms with Crippen LogP contribution < -0.4 is 5.73 Å². The summed E-state index contributed by atoms with van der Waals surface area (Å²) in [7, 11) is 1.80. The van der Waals surface area contributed by atoms with Crippen molar-refractivity contribution in [1.82, 2.24) is 0 Å². The predicted molar refractivity (Wildman–Crippen MR) is 59.6 cm³/mol. The van der Waals surface area contributed by atoms with Gasteiger partial charge in [0, 0.05) is 23.4 Å². The van der Waals surface area contributed by atoms with E-state index in [4.69, 9.17) is 10.5 Å². The van der Waals surface area contributed by atoms with Crippen LogP contribution in [0.4, 0.5) is 0 Å². The molecule has 2 atom stereocenters. The number of rotatable bonds is 2. The molecule has 1 aliphatic rings. The highest BCUT2D eigenvalue weighted by atomic mass is 32.1. The number of hydrogen-bond donors (Lipinski definition) is 1. The molecule has 2 N–H and O–H groups in total. The number of methoxy groups -OCH3 is 1. The lowest BCUT2D eigenvalue weighted by Crippen LogP contribution is -2.11. The first-order chi connectivity index (χ1) is 6.76. The average Bonchev–Trinajstić information content (AvgIpc) is 2.63. The van der Waals surface area contributed by atoms with Crippen molar-refractivity contribution in [2.24, 2.45) is 5.73 Å². The first-order valence-electron chi connectivity index (χ1n) is 5.11. The van der Waals surface area contributed by atoms with Gasteiger partial charge in [0.2, 0.25) is 0 Å². The molecular formula is C11H17NOS. The van der Waals surface area contributed by atoms with Crippen molar-refractivity contribution in [3.8, 4) is 0 Å². The summed E-state index contributed by atoms with van der Waals surface area (Å²) in [5.74, 6) is 0.682. The van der Waals surface area contributed by atoms with Gasteiger partial charge in [-0.25, -0.2) is 0 Å². The Hall–Kier alpha value is -0.380. The van der Waals surface area contributed by atoms with Crippen molar-refractivity contribution < 1.29 is 4.74 Å². The molecule has 3 heteroatoms. The zero-order valence-electron chi connectivity index (χ0n) is 8.75. The van der Waals surface area contributed by atoms with E-state index in [-0.39, 0.29) is 0 Å². The normalized spacial score (nSPS) is 26.2. The van der Waals surface area contributed by atoms with E-state index >= 15 is 0 Å². The van der Waals surface area contributed by atoms with Crippen LogP contribution in [0.2, 0.25) is 0 Å². The number of nitrogens with two attached hydrogens (primary N) is 1. The van der Waals surface area contributed by atoms with Gasteiger partial charge in [0.15, 0.2) is 0 Å². The number of fused-ring (bicyclic) bond motifs is 1. The molecule has 0 spiro atoms. The van der Waals surface area contributed by atoms with E-state index in [1.165, 1.54) is 21.7 Å². The summed E-state index contributed by atoms with van der Waals surface area (Å²) in [5, 5.41) is 0. The lowest BCUT2D eigenvalue weighted by atomic mass is 9.88. The minimum atomic E-state index is 0.303. The monoisotopic (exact) mass is 211 g/mol. The summed E-state index contributed by atoms with van der Waals surface area (Å²) < 4.78 is 5.49. The fourth-order valence-electron chi connectivity index (χ4n) is 2.14. The third kappa shape index (κ3) is 1.60. The van der Waals surface area contributed by atoms with Gasteiger partial charge >= 0.3 is 0 Å². The average molecular weight is 211 g/mol. The van der Waals surface area contributed by atoms with Crippen molar-refractivity contribution in [2.45, 2.75) is 38.3 Å². The second kappa shape index (κ2) is 4.01. The Morgan fingerprint density at radius 1 is 1.57 bits per heavy atom. The largest absolute Gasteiger partial charge is 0.377 e. The van der Waals surface area contributed by atoms with E-state index in [1.807, 2.05) is 11.3 Å². The van der Waals surface area contributed by atoms with Crippen LogP contribution in [-0.4, -0.2) is 7.11 Å². The molecule has 0 amide bonds. The first kappa shape index (κ1) is 10.1. The number of ether oxygens (including phenoxy) is 1. The van der Waals surface area contributed by atoms with Crippen LogP contribution in [0.5, 0.6) is 0 Å². The molecule has 2 unspecified atom stereocenters. The fourth-order valence-corrected chi connectivity index (χ4v) is 3.32. The third-order valence-corrected chi connectivity index (χ3v) is 4.39. The van der Waals surface area contributed by atoms with E-state index < -0.39 is 0 Å². The summed E-state index contributed by atoms with van der Waals surface area (Å²) >= 11 is 1.86. The molecule has 2 rings (SSSR count). The highest BCUT2D eigenvalue weighted by molar-refractivity contribution is 7.12. The number of thiophene rings is 1. The summed E-state index contributed by atoms with van der Waals surface area (Å²) in [4.78, 5) is 2.77. The summed E-state index contributed by atoms with van der Waals surface area (Å²) in [6, 6.07) is 2.23. The van der Waals surface area contributed by atoms with Crippen LogP contribution in [-0.2, 0) is 11.3 Å². The molecule has 2 nitrogen and oxygen atoms in total. The van der Waals surface area contributed by atoms with Crippen LogP contribution in [0.15, 0.2) is 6.07 Å². The molecule has 1 heterocycles. The minimum Gasteiger partial charge on any atom is -0.377 e. The quantitative estimate of drug-likeness (QED) is 0.816. The maximum Gasteiger partial charge on any atom is 0.0832 e. The SMILES string of the molecule is COC1CCC(C)c2sc(CN)cc21. The molecule has 0 bridgehead atoms. The zero-order chi connectivity index (χ0) is 10.1. The molecule has 1 aromatic heterocycles. The first-order valence-corrected chi connectivity index (χ1v) is 5.93. The van der Waals surface area contributed by atoms with Gasteiger partial charge in [0.25, 0.3) is 0 Å². The molecule has 0 aromatic carbocycles. The van der Waals surface area contributed by atoms with Gasteiger partial charge in [-0.2, -0.15) is 0 Å². The second-order valence-electron chi connectivity index (χ2n) is 3.94. The second-order valence-corrected chi connectivity index (χ2v) is 5.11. The van der Waals surface area contributed by atoms with Crippen molar-refractivity contribution in [3.05, 3.63) is 21.4 Å². The number of hydrogen-bond acceptors (Lipinski definition) is 3. The van der Waals surface area contributed by atoms with Crippen molar-refractivity contribution in [3.63, 3.8) is 0 Å². The van der Waals surface area contributed by atoms with Crippen LogP contribution in [0.25, 0.3) is 0 Å². The molecule has 0 aliphatic heterocycles. The Morgan fingerprint density at radius 2 is 2.36 bits per heavy atom. The molecule has 78 valence electrons. The van der Waals surface area contributed by atoms with Gasteiger partial charge in [-0.3, -0.25) is 0 Å². The van der Waals surface area contributed by atoms with E-state index in [9.17, 15) is 0 Å². The zero-order valence-corrected chi connectivity index (χ0v) is 9.56. The van der Waals surface area contributed by atoms with Crippen LogP contribution in [0.3, 0.4) is 0 Å². The van der Waals surface area contributed by atoms with Crippen molar-refractivity contribution >= 4 is 11.3 Å². The smallest absolute Gasteiger partial charge is 0.0832 e. The van der Waals surface area contributed by atoms with Crippen LogP contribution >= 0.6 is 11.3 Å². The molecule has 1 aliphatic carbocycles. The Bertz CT molecular complexity index is 321. The minimum absolute atomic E-state index is 0.303. The lowest BCUT2D eigenvalue weighted by molar-refractivity contribution is 0.0859. The van der Waals surface area contributed by atoms with Gasteiger partial charge < -0.3 is 10.5 Å². The summed E-state index contributed by atoms with van der Waals surface area (Å²) in [6.07, 6.45) is 2.68. The van der Waals surface area contributed by atoms with Gasteiger partial charge in [0.1, 0.15) is 0 Å². The molecule has 0 saturated carbocycles. The summed E-state index contributed by atoms with van der Waals surface area (Å²) in [6.45, 7) is 2.95. The van der Waals surface area contributed by atoms with Crippen LogP contribution in [0.1, 0.15) is 47.1 Å². The molecule has 14 heavy (non-hydrogen) atoms. The summed E-state index contributed by atoms with van der Waals surface area (Å²) in [5.41, 5.74) is 7.05. The van der Waals surface area contributed by atoms with E-state index in [0.717, 1.165) is 6.42 Å². The van der Waals surface area contributed by atoms with Gasteiger partial charge in [-0.15, -0.1) is 11.3 Å². The predicted octanol–water partition coefficient (Wildman–Crippen LogP) is 2.79. The molecule has 0 radical (unpaired) electrons. The molecule has 0 saturated heterocycles. The maximum absolute atomic E-state index is 5.66. The van der Waals surface area contributed by atoms with E-state index in [0.29, 0.717) is 18.6 Å². The fraction of sp³-hybridized carbons (Fsp3) is 0.636. The van der Waals surface area contributed by atoms with Gasteiger partial charge in [-0.1, -0.05) is 6.92 Å². The van der Waals surface area contributed by atoms with Crippen molar-refractivity contribution in [2.75, 3.05) is 7.11 Å². The Kier molecular flexibility index (Phi) is 2.91. The Labute approximate surface area is 89.1 Å². The van der Waals surface area contributed by atoms with Crippen molar-refractivity contribution in [1.29, 1.82) is 0 Å². The molecule has 0 fully saturated rings. The van der Waals surface area contributed by atoms with E-state index in [1.54, 1.807) is 7.11 Å². The van der Waals surface area contributed by atoms with Gasteiger partial charge in [-0.05, 0) is 30.4 Å². The van der Waals surface area contributed by atoms with Crippen LogP contribution in [0, 0.1) is 0 Å². The third-order valence-electron chi connectivity index (χ3n) is 2.98. The van der Waals surface area contributed by atoms with E-state index in [2.05, 4.69) is 13.0 Å². The molecule has 1 aromatic rings. The topological polar surface area (TPSA) is 35.2 Å². The standard InChI is InChI=1S/C11H17NOS/c1-7-3-4-10(13-2)9-5-8(6-12)14-11(7)9/h5,7,10H,3-4,6,12H2,1-2H3. The molecular weight excluding hydrogens is 194 g/mol. The Morgan fingerprint density at radius 3 is 3.00 bits per heavy atom. The maximum atomic E-state index is 5.66. The highest BCUT2D eigenvalue weighted by Crippen LogP contribution is 2.43. The highest BCUT2D eigenvalue weighted by Gasteiger charge is 2.26.